The number of halogens is 4. The van der Waals surface area contributed by atoms with Crippen LogP contribution in [0.15, 0.2) is 35.4 Å². The van der Waals surface area contributed by atoms with Crippen molar-refractivity contribution in [1.29, 1.82) is 0 Å². The second-order valence-corrected chi connectivity index (χ2v) is 9.54. The summed E-state index contributed by atoms with van der Waals surface area (Å²) in [6.07, 6.45) is -3.99. The number of nitrogens with zero attached hydrogens (tertiary/aromatic N) is 3. The monoisotopic (exact) mass is 482 g/mol. The van der Waals surface area contributed by atoms with Crippen LogP contribution < -0.4 is 5.32 Å². The highest BCUT2D eigenvalue weighted by Gasteiger charge is 2.37. The predicted octanol–water partition coefficient (Wildman–Crippen LogP) is 5.77. The molecule has 1 unspecified atom stereocenters. The normalized spacial score (nSPS) is 16.5. The van der Waals surface area contributed by atoms with Gasteiger partial charge in [0.05, 0.1) is 5.56 Å². The maximum atomic E-state index is 13.2. The average molecular weight is 483 g/mol. The Balaban J connectivity index is 1.48. The molecule has 170 valence electrons. The second-order valence-electron chi connectivity index (χ2n) is 8.04. The molecular formula is C22H22ClF3N4OS. The zero-order chi connectivity index (χ0) is 23.0. The van der Waals surface area contributed by atoms with Crippen LogP contribution in [0.5, 0.6) is 0 Å². The largest absolute Gasteiger partial charge is 0.434 e. The van der Waals surface area contributed by atoms with Crippen LogP contribution in [-0.4, -0.2) is 32.6 Å². The molecule has 3 heterocycles. The van der Waals surface area contributed by atoms with Gasteiger partial charge < -0.3 is 9.88 Å². The van der Waals surface area contributed by atoms with Crippen LogP contribution in [0, 0.1) is 5.92 Å². The van der Waals surface area contributed by atoms with E-state index in [1.807, 2.05) is 6.07 Å². The Morgan fingerprint density at radius 2 is 2.12 bits per heavy atom. The van der Waals surface area contributed by atoms with Crippen molar-refractivity contribution in [2.24, 2.45) is 5.92 Å². The number of Topliss-reactive ketones (excluding diaryl/α,β-unsaturated/α-hetero) is 1. The molecule has 4 rings (SSSR count). The molecular weight excluding hydrogens is 461 g/mol. The number of ketones is 1. The van der Waals surface area contributed by atoms with E-state index in [-0.39, 0.29) is 6.42 Å². The summed E-state index contributed by atoms with van der Waals surface area (Å²) in [5.74, 6) is 0.152. The summed E-state index contributed by atoms with van der Waals surface area (Å²) in [6, 6.07) is 8.63. The van der Waals surface area contributed by atoms with E-state index in [2.05, 4.69) is 51.9 Å². The summed E-state index contributed by atoms with van der Waals surface area (Å²) >= 11 is 6.92. The van der Waals surface area contributed by atoms with Gasteiger partial charge >= 0.3 is 6.18 Å². The number of aromatic nitrogens is 3. The van der Waals surface area contributed by atoms with Gasteiger partial charge in [0, 0.05) is 53.6 Å². The van der Waals surface area contributed by atoms with Gasteiger partial charge in [0.2, 0.25) is 5.28 Å². The molecule has 0 bridgehead atoms. The van der Waals surface area contributed by atoms with E-state index < -0.39 is 28.5 Å². The van der Waals surface area contributed by atoms with E-state index in [9.17, 15) is 18.0 Å². The minimum Gasteiger partial charge on any atom is -0.342 e. The maximum Gasteiger partial charge on any atom is 0.434 e. The molecule has 1 aliphatic heterocycles. The smallest absolute Gasteiger partial charge is 0.342 e. The van der Waals surface area contributed by atoms with Crippen molar-refractivity contribution in [3.63, 3.8) is 0 Å². The Morgan fingerprint density at radius 1 is 1.34 bits per heavy atom. The predicted molar refractivity (Wildman–Crippen MR) is 119 cm³/mol. The summed E-state index contributed by atoms with van der Waals surface area (Å²) in [4.78, 5) is 20.2. The van der Waals surface area contributed by atoms with Crippen LogP contribution in [0.1, 0.15) is 48.1 Å². The van der Waals surface area contributed by atoms with Gasteiger partial charge in [-0.25, -0.2) is 9.97 Å². The highest BCUT2D eigenvalue weighted by atomic mass is 35.5. The molecule has 0 aliphatic carbocycles. The van der Waals surface area contributed by atoms with Gasteiger partial charge in [-0.1, -0.05) is 19.9 Å². The SMILES string of the molecule is CC(C)C1NCCn2c1cc1ccc(SCCC(=O)c3cnc(Cl)nc3C(F)(F)F)cc12. The number of hydrogen-bond acceptors (Lipinski definition) is 5. The molecule has 10 heteroatoms. The lowest BCUT2D eigenvalue weighted by Gasteiger charge is -2.29. The second kappa shape index (κ2) is 9.03. The summed E-state index contributed by atoms with van der Waals surface area (Å²) in [5.41, 5.74) is 0.558. The van der Waals surface area contributed by atoms with Crippen molar-refractivity contribution in [3.8, 4) is 0 Å². The van der Waals surface area contributed by atoms with Crippen molar-refractivity contribution in [2.45, 2.75) is 43.9 Å². The Bertz CT molecular complexity index is 1160. The summed E-state index contributed by atoms with van der Waals surface area (Å²) in [5, 5.41) is 4.18. The van der Waals surface area contributed by atoms with Crippen LogP contribution in [0.3, 0.4) is 0 Å². The van der Waals surface area contributed by atoms with Crippen molar-refractivity contribution in [1.82, 2.24) is 19.9 Å². The van der Waals surface area contributed by atoms with Crippen LogP contribution in [0.4, 0.5) is 13.2 Å². The molecule has 3 aromatic rings. The molecule has 1 aromatic carbocycles. The van der Waals surface area contributed by atoms with Crippen molar-refractivity contribution >= 4 is 40.0 Å². The van der Waals surface area contributed by atoms with E-state index in [0.29, 0.717) is 17.7 Å². The zero-order valence-electron chi connectivity index (χ0n) is 17.5. The molecule has 1 atom stereocenters. The first kappa shape index (κ1) is 23.1. The number of carbonyl (C=O) groups excluding carboxylic acids is 1. The summed E-state index contributed by atoms with van der Waals surface area (Å²) in [6.45, 7) is 6.17. The number of nitrogens with one attached hydrogen (secondary N) is 1. The van der Waals surface area contributed by atoms with E-state index >= 15 is 0 Å². The minimum absolute atomic E-state index is 0.0671. The Morgan fingerprint density at radius 3 is 2.84 bits per heavy atom. The van der Waals surface area contributed by atoms with Crippen LogP contribution in [0.25, 0.3) is 10.9 Å². The number of fused-ring (bicyclic) bond motifs is 3. The van der Waals surface area contributed by atoms with Crippen molar-refractivity contribution < 1.29 is 18.0 Å². The fourth-order valence-corrected chi connectivity index (χ4v) is 5.06. The lowest BCUT2D eigenvalue weighted by Crippen LogP contribution is -2.35. The molecule has 0 radical (unpaired) electrons. The number of benzene rings is 1. The summed E-state index contributed by atoms with van der Waals surface area (Å²) in [7, 11) is 0. The fraction of sp³-hybridized carbons (Fsp3) is 0.409. The first-order chi connectivity index (χ1) is 15.1. The maximum absolute atomic E-state index is 13.2. The lowest BCUT2D eigenvalue weighted by molar-refractivity contribution is -0.141. The van der Waals surface area contributed by atoms with Gasteiger partial charge in [-0.2, -0.15) is 13.2 Å². The molecule has 0 saturated heterocycles. The number of thioether (sulfide) groups is 1. The highest BCUT2D eigenvalue weighted by molar-refractivity contribution is 7.99. The fourth-order valence-electron chi connectivity index (χ4n) is 4.04. The molecule has 0 spiro atoms. The van der Waals surface area contributed by atoms with Gasteiger partial charge in [0.25, 0.3) is 0 Å². The van der Waals surface area contributed by atoms with E-state index in [1.54, 1.807) is 0 Å². The molecule has 1 aliphatic rings. The molecule has 0 saturated carbocycles. The first-order valence-electron chi connectivity index (χ1n) is 10.3. The number of hydrogen-bond donors (Lipinski definition) is 1. The number of carbonyl (C=O) groups is 1. The average Bonchev–Trinajstić information content (AvgIpc) is 3.11. The topological polar surface area (TPSA) is 59.8 Å². The van der Waals surface area contributed by atoms with Crippen molar-refractivity contribution in [2.75, 3.05) is 12.3 Å². The number of rotatable bonds is 6. The molecule has 2 aromatic heterocycles. The van der Waals surface area contributed by atoms with Crippen LogP contribution in [-0.2, 0) is 12.7 Å². The van der Waals surface area contributed by atoms with E-state index in [0.717, 1.165) is 35.1 Å². The molecule has 5 nitrogen and oxygen atoms in total. The van der Waals surface area contributed by atoms with Gasteiger partial charge in [-0.3, -0.25) is 4.79 Å². The quantitative estimate of drug-likeness (QED) is 0.274. The third-order valence-corrected chi connectivity index (χ3v) is 6.70. The van der Waals surface area contributed by atoms with Gasteiger partial charge in [0.1, 0.15) is 0 Å². The van der Waals surface area contributed by atoms with Crippen LogP contribution in [0.2, 0.25) is 5.28 Å². The Hall–Kier alpha value is -2.10. The molecule has 1 N–H and O–H groups in total. The lowest BCUT2D eigenvalue weighted by atomic mass is 9.99. The van der Waals surface area contributed by atoms with Gasteiger partial charge in [-0.15, -0.1) is 11.8 Å². The van der Waals surface area contributed by atoms with E-state index in [1.165, 1.54) is 17.5 Å². The third kappa shape index (κ3) is 4.65. The first-order valence-corrected chi connectivity index (χ1v) is 11.6. The van der Waals surface area contributed by atoms with E-state index in [4.69, 9.17) is 11.6 Å². The zero-order valence-corrected chi connectivity index (χ0v) is 19.1. The Labute approximate surface area is 192 Å². The highest BCUT2D eigenvalue weighted by Crippen LogP contribution is 2.34. The Kier molecular flexibility index (Phi) is 6.51. The summed E-state index contributed by atoms with van der Waals surface area (Å²) < 4.78 is 41.9. The third-order valence-electron chi connectivity index (χ3n) is 5.52. The molecule has 0 amide bonds. The minimum atomic E-state index is -4.77. The van der Waals surface area contributed by atoms with Crippen molar-refractivity contribution in [3.05, 3.63) is 52.7 Å². The standard InChI is InChI=1S/C22H22ClF3N4OS/c1-12(2)19-17-9-13-3-4-14(10-16(13)30(17)7-6-27-19)32-8-5-18(31)15-11-28-21(23)29-20(15)22(24,25)26/h3-4,9-12,19,27H,5-8H2,1-2H3. The molecule has 32 heavy (non-hydrogen) atoms. The molecule has 0 fully saturated rings. The van der Waals surface area contributed by atoms with Crippen LogP contribution >= 0.6 is 23.4 Å². The number of alkyl halides is 3. The van der Waals surface area contributed by atoms with Gasteiger partial charge in [-0.05, 0) is 41.1 Å². The van der Waals surface area contributed by atoms with Gasteiger partial charge in [0.15, 0.2) is 11.5 Å².